The van der Waals surface area contributed by atoms with Crippen molar-refractivity contribution in [2.75, 3.05) is 26.2 Å². The van der Waals surface area contributed by atoms with Crippen LogP contribution in [0.5, 0.6) is 0 Å². The Morgan fingerprint density at radius 1 is 1.00 bits per heavy atom. The van der Waals surface area contributed by atoms with Crippen LogP contribution in [0.1, 0.15) is 49.7 Å². The van der Waals surface area contributed by atoms with Crippen LogP contribution in [0, 0.1) is 6.92 Å². The van der Waals surface area contributed by atoms with E-state index in [1.165, 1.54) is 49.7 Å². The summed E-state index contributed by atoms with van der Waals surface area (Å²) >= 11 is 0. The predicted octanol–water partition coefficient (Wildman–Crippen LogP) is 3.40. The molecule has 0 unspecified atom stereocenters. The van der Waals surface area contributed by atoms with Crippen LogP contribution in [0.3, 0.4) is 0 Å². The number of carbonyl (C=O) groups excluding carboxylic acids is 1. The number of aryl methyl sites for hydroxylation is 1. The summed E-state index contributed by atoms with van der Waals surface area (Å²) < 4.78 is 0. The minimum atomic E-state index is 0.291. The van der Waals surface area contributed by atoms with E-state index in [4.69, 9.17) is 0 Å². The largest absolute Gasteiger partial charge is 0.340 e. The summed E-state index contributed by atoms with van der Waals surface area (Å²) in [4.78, 5) is 17.3. The molecular weight excluding hydrogens is 284 g/mol. The summed E-state index contributed by atoms with van der Waals surface area (Å²) in [5, 5.41) is 0. The molecule has 2 aliphatic rings. The molecule has 1 aromatic carbocycles. The van der Waals surface area contributed by atoms with E-state index < -0.39 is 0 Å². The minimum absolute atomic E-state index is 0.291. The lowest BCUT2D eigenvalue weighted by atomic mass is 10.0. The van der Waals surface area contributed by atoms with Crippen molar-refractivity contribution >= 4 is 5.91 Å². The minimum Gasteiger partial charge on any atom is -0.340 e. The number of benzene rings is 1. The van der Waals surface area contributed by atoms with E-state index in [1.807, 2.05) is 12.1 Å². The maximum absolute atomic E-state index is 12.6. The molecule has 2 fully saturated rings. The van der Waals surface area contributed by atoms with E-state index in [9.17, 15) is 4.79 Å². The molecule has 1 saturated carbocycles. The zero-order valence-electron chi connectivity index (χ0n) is 14.5. The van der Waals surface area contributed by atoms with Gasteiger partial charge in [-0.25, -0.2) is 0 Å². The lowest BCUT2D eigenvalue weighted by Crippen LogP contribution is -2.52. The van der Waals surface area contributed by atoms with Crippen molar-refractivity contribution in [3.8, 4) is 0 Å². The molecule has 3 rings (SSSR count). The van der Waals surface area contributed by atoms with Crippen molar-refractivity contribution in [2.24, 2.45) is 0 Å². The Bertz CT molecular complexity index is 512. The molecule has 0 bridgehead atoms. The summed E-state index contributed by atoms with van der Waals surface area (Å²) in [5.41, 5.74) is 2.39. The fourth-order valence-electron chi connectivity index (χ4n) is 4.04. The van der Waals surface area contributed by atoms with Gasteiger partial charge in [-0.3, -0.25) is 9.69 Å². The summed E-state index contributed by atoms with van der Waals surface area (Å²) in [6.45, 7) is 6.02. The number of hydrogen-bond donors (Lipinski definition) is 0. The van der Waals surface area contributed by atoms with Gasteiger partial charge in [0, 0.05) is 32.2 Å². The molecule has 126 valence electrons. The maximum atomic E-state index is 12.6. The fourth-order valence-corrected chi connectivity index (χ4v) is 4.04. The highest BCUT2D eigenvalue weighted by Gasteiger charge is 2.26. The normalized spacial score (nSPS) is 21.2. The number of amides is 1. The van der Waals surface area contributed by atoms with Crippen LogP contribution in [0.15, 0.2) is 24.3 Å². The van der Waals surface area contributed by atoms with E-state index in [0.29, 0.717) is 12.3 Å². The molecule has 0 N–H and O–H groups in total. The van der Waals surface area contributed by atoms with E-state index in [1.54, 1.807) is 0 Å². The average molecular weight is 314 g/mol. The average Bonchev–Trinajstić information content (AvgIpc) is 2.86. The topological polar surface area (TPSA) is 23.6 Å². The van der Waals surface area contributed by atoms with Gasteiger partial charge < -0.3 is 4.90 Å². The Labute approximate surface area is 140 Å². The van der Waals surface area contributed by atoms with Gasteiger partial charge in [-0.1, -0.05) is 49.9 Å². The molecule has 23 heavy (non-hydrogen) atoms. The second-order valence-electron chi connectivity index (χ2n) is 7.17. The van der Waals surface area contributed by atoms with Crippen LogP contribution in [-0.2, 0) is 11.2 Å². The van der Waals surface area contributed by atoms with Crippen LogP contribution in [0.4, 0.5) is 0 Å². The number of piperazine rings is 1. The van der Waals surface area contributed by atoms with Crippen molar-refractivity contribution in [1.29, 1.82) is 0 Å². The first-order valence-electron chi connectivity index (χ1n) is 9.30. The SMILES string of the molecule is Cc1ccccc1CC(=O)N1CCN(C2CCCCCC2)CC1. The van der Waals surface area contributed by atoms with E-state index in [2.05, 4.69) is 28.9 Å². The Balaban J connectivity index is 1.50. The molecule has 1 aromatic rings. The van der Waals surface area contributed by atoms with Crippen LogP contribution in [-0.4, -0.2) is 47.9 Å². The van der Waals surface area contributed by atoms with Crippen LogP contribution >= 0.6 is 0 Å². The molecule has 0 spiro atoms. The zero-order valence-corrected chi connectivity index (χ0v) is 14.5. The van der Waals surface area contributed by atoms with Gasteiger partial charge in [0.05, 0.1) is 6.42 Å². The quantitative estimate of drug-likeness (QED) is 0.798. The highest BCUT2D eigenvalue weighted by molar-refractivity contribution is 5.79. The van der Waals surface area contributed by atoms with Gasteiger partial charge in [-0.05, 0) is 30.9 Å². The monoisotopic (exact) mass is 314 g/mol. The highest BCUT2D eigenvalue weighted by atomic mass is 16.2. The van der Waals surface area contributed by atoms with Crippen molar-refractivity contribution < 1.29 is 4.79 Å². The van der Waals surface area contributed by atoms with Crippen molar-refractivity contribution in [3.05, 3.63) is 35.4 Å². The first-order chi connectivity index (χ1) is 11.2. The lowest BCUT2D eigenvalue weighted by molar-refractivity contribution is -0.132. The van der Waals surface area contributed by atoms with Gasteiger partial charge in [-0.15, -0.1) is 0 Å². The van der Waals surface area contributed by atoms with Crippen LogP contribution in [0.2, 0.25) is 0 Å². The third-order valence-corrected chi connectivity index (χ3v) is 5.61. The number of nitrogens with zero attached hydrogens (tertiary/aromatic N) is 2. The van der Waals surface area contributed by atoms with E-state index in [0.717, 1.165) is 32.2 Å². The third-order valence-electron chi connectivity index (χ3n) is 5.61. The third kappa shape index (κ3) is 4.35. The van der Waals surface area contributed by atoms with Crippen LogP contribution < -0.4 is 0 Å². The van der Waals surface area contributed by atoms with Gasteiger partial charge in [-0.2, -0.15) is 0 Å². The molecule has 1 aliphatic carbocycles. The highest BCUT2D eigenvalue weighted by Crippen LogP contribution is 2.23. The smallest absolute Gasteiger partial charge is 0.227 e. The van der Waals surface area contributed by atoms with Gasteiger partial charge in [0.1, 0.15) is 0 Å². The Morgan fingerprint density at radius 2 is 1.65 bits per heavy atom. The van der Waals surface area contributed by atoms with Crippen molar-refractivity contribution in [3.63, 3.8) is 0 Å². The Hall–Kier alpha value is -1.35. The molecule has 3 heteroatoms. The van der Waals surface area contributed by atoms with Gasteiger partial charge in [0.25, 0.3) is 0 Å². The first kappa shape index (κ1) is 16.5. The second kappa shape index (κ2) is 7.96. The van der Waals surface area contributed by atoms with Crippen molar-refractivity contribution in [1.82, 2.24) is 9.80 Å². The molecular formula is C20H30N2O. The van der Waals surface area contributed by atoms with Crippen LogP contribution in [0.25, 0.3) is 0 Å². The number of carbonyl (C=O) groups is 1. The summed E-state index contributed by atoms with van der Waals surface area (Å²) in [6, 6.07) is 9.00. The number of rotatable bonds is 3. The van der Waals surface area contributed by atoms with Gasteiger partial charge in [0.2, 0.25) is 5.91 Å². The predicted molar refractivity (Wildman–Crippen MR) is 94.5 cm³/mol. The molecule has 0 radical (unpaired) electrons. The molecule has 1 amide bonds. The standard InChI is InChI=1S/C20H30N2O/c1-17-8-6-7-9-18(17)16-20(23)22-14-12-21(13-15-22)19-10-4-2-3-5-11-19/h6-9,19H,2-5,10-16H2,1H3. The molecule has 0 atom stereocenters. The van der Waals surface area contributed by atoms with Gasteiger partial charge in [0.15, 0.2) is 0 Å². The zero-order chi connectivity index (χ0) is 16.1. The maximum Gasteiger partial charge on any atom is 0.227 e. The summed E-state index contributed by atoms with van der Waals surface area (Å²) in [5.74, 6) is 0.291. The first-order valence-corrected chi connectivity index (χ1v) is 9.30. The number of hydrogen-bond acceptors (Lipinski definition) is 2. The molecule has 1 saturated heterocycles. The lowest BCUT2D eigenvalue weighted by Gasteiger charge is -2.39. The molecule has 1 heterocycles. The molecule has 3 nitrogen and oxygen atoms in total. The summed E-state index contributed by atoms with van der Waals surface area (Å²) in [7, 11) is 0. The fraction of sp³-hybridized carbons (Fsp3) is 0.650. The van der Waals surface area contributed by atoms with Gasteiger partial charge >= 0.3 is 0 Å². The summed E-state index contributed by atoms with van der Waals surface area (Å²) in [6.07, 6.45) is 8.86. The van der Waals surface area contributed by atoms with Crippen molar-refractivity contribution in [2.45, 2.75) is 57.9 Å². The van der Waals surface area contributed by atoms with E-state index >= 15 is 0 Å². The second-order valence-corrected chi connectivity index (χ2v) is 7.17. The molecule has 1 aliphatic heterocycles. The Morgan fingerprint density at radius 3 is 2.30 bits per heavy atom. The Kier molecular flexibility index (Phi) is 5.71. The van der Waals surface area contributed by atoms with E-state index in [-0.39, 0.29) is 0 Å². The molecule has 0 aromatic heterocycles.